The highest BCUT2D eigenvalue weighted by atomic mass is 32.2. The quantitative estimate of drug-likeness (QED) is 0.419. The summed E-state index contributed by atoms with van der Waals surface area (Å²) in [4.78, 5) is 13.1. The van der Waals surface area contributed by atoms with Crippen LogP contribution in [-0.4, -0.2) is 34.3 Å². The van der Waals surface area contributed by atoms with Crippen molar-refractivity contribution >= 4 is 33.2 Å². The number of benzene rings is 2. The van der Waals surface area contributed by atoms with Gasteiger partial charge in [0.05, 0.1) is 10.1 Å². The fraction of sp³-hybridized carbons (Fsp3) is 0.375. The van der Waals surface area contributed by atoms with Gasteiger partial charge in [-0.2, -0.15) is 0 Å². The predicted molar refractivity (Wildman–Crippen MR) is 132 cm³/mol. The third-order valence-electron chi connectivity index (χ3n) is 5.35. The summed E-state index contributed by atoms with van der Waals surface area (Å²) < 4.78 is 27.5. The number of hydrogen-bond acceptors (Lipinski definition) is 6. The Labute approximate surface area is 199 Å². The molecule has 1 unspecified atom stereocenters. The Morgan fingerprint density at radius 1 is 1.03 bits per heavy atom. The third kappa shape index (κ3) is 6.23. The SMILES string of the molecule is CCc1ccc(NC(=O)C(CC)Sc2nnc(CS(=O)(=O)c3ccc(C)cc3)n2CC)cc1. The van der Waals surface area contributed by atoms with E-state index in [9.17, 15) is 13.2 Å². The molecule has 33 heavy (non-hydrogen) atoms. The van der Waals surface area contributed by atoms with Crippen LogP contribution in [0.1, 0.15) is 44.1 Å². The summed E-state index contributed by atoms with van der Waals surface area (Å²) in [6.07, 6.45) is 1.54. The summed E-state index contributed by atoms with van der Waals surface area (Å²) in [7, 11) is -3.56. The molecule has 0 aliphatic rings. The largest absolute Gasteiger partial charge is 0.325 e. The fourth-order valence-corrected chi connectivity index (χ4v) is 5.63. The Bertz CT molecular complexity index is 1190. The van der Waals surface area contributed by atoms with E-state index in [4.69, 9.17) is 0 Å². The highest BCUT2D eigenvalue weighted by Crippen LogP contribution is 2.27. The summed E-state index contributed by atoms with van der Waals surface area (Å²) >= 11 is 1.30. The van der Waals surface area contributed by atoms with Gasteiger partial charge in [0.25, 0.3) is 0 Å². The topological polar surface area (TPSA) is 94.0 Å². The van der Waals surface area contributed by atoms with Crippen LogP contribution in [0.4, 0.5) is 5.69 Å². The zero-order valence-electron chi connectivity index (χ0n) is 19.4. The Morgan fingerprint density at radius 3 is 2.27 bits per heavy atom. The maximum absolute atomic E-state index is 12.9. The minimum Gasteiger partial charge on any atom is -0.325 e. The molecule has 1 heterocycles. The van der Waals surface area contributed by atoms with Gasteiger partial charge in [-0.1, -0.05) is 55.4 Å². The lowest BCUT2D eigenvalue weighted by Crippen LogP contribution is -2.25. The van der Waals surface area contributed by atoms with Gasteiger partial charge >= 0.3 is 0 Å². The Kier molecular flexibility index (Phi) is 8.31. The van der Waals surface area contributed by atoms with Crippen LogP contribution in [-0.2, 0) is 33.4 Å². The summed E-state index contributed by atoms with van der Waals surface area (Å²) in [5.41, 5.74) is 2.95. The number of hydrogen-bond donors (Lipinski definition) is 1. The van der Waals surface area contributed by atoms with Crippen molar-refractivity contribution in [3.8, 4) is 0 Å². The molecule has 1 aromatic heterocycles. The van der Waals surface area contributed by atoms with Crippen LogP contribution in [0.25, 0.3) is 0 Å². The molecule has 3 rings (SSSR count). The van der Waals surface area contributed by atoms with E-state index >= 15 is 0 Å². The number of nitrogens with zero attached hydrogens (tertiary/aromatic N) is 3. The number of aromatic nitrogens is 3. The fourth-order valence-electron chi connectivity index (χ4n) is 3.33. The van der Waals surface area contributed by atoms with Crippen molar-refractivity contribution in [3.05, 3.63) is 65.5 Å². The Morgan fingerprint density at radius 2 is 1.70 bits per heavy atom. The van der Waals surface area contributed by atoms with E-state index in [0.717, 1.165) is 17.7 Å². The summed E-state index contributed by atoms with van der Waals surface area (Å²) in [5.74, 6) is 0.00162. The molecule has 0 spiro atoms. The maximum Gasteiger partial charge on any atom is 0.237 e. The average Bonchev–Trinajstić information content (AvgIpc) is 3.18. The monoisotopic (exact) mass is 486 g/mol. The predicted octanol–water partition coefficient (Wildman–Crippen LogP) is 4.65. The van der Waals surface area contributed by atoms with Crippen LogP contribution < -0.4 is 5.32 Å². The highest BCUT2D eigenvalue weighted by Gasteiger charge is 2.25. The number of sulfone groups is 1. The molecule has 0 radical (unpaired) electrons. The van der Waals surface area contributed by atoms with Gasteiger partial charge in [-0.3, -0.25) is 4.79 Å². The molecule has 2 aromatic carbocycles. The molecule has 7 nitrogen and oxygen atoms in total. The second-order valence-corrected chi connectivity index (χ2v) is 10.9. The molecule has 0 aliphatic carbocycles. The first-order chi connectivity index (χ1) is 15.8. The van der Waals surface area contributed by atoms with Gasteiger partial charge < -0.3 is 9.88 Å². The van der Waals surface area contributed by atoms with Gasteiger partial charge in [0.1, 0.15) is 11.6 Å². The number of aryl methyl sites for hydroxylation is 2. The summed E-state index contributed by atoms with van der Waals surface area (Å²) in [5, 5.41) is 11.5. The summed E-state index contributed by atoms with van der Waals surface area (Å²) in [6, 6.07) is 14.6. The number of amides is 1. The van der Waals surface area contributed by atoms with E-state index in [1.54, 1.807) is 28.8 Å². The molecule has 1 atom stereocenters. The van der Waals surface area contributed by atoms with Crippen LogP contribution >= 0.6 is 11.8 Å². The van der Waals surface area contributed by atoms with Crippen molar-refractivity contribution in [1.82, 2.24) is 14.8 Å². The van der Waals surface area contributed by atoms with Crippen molar-refractivity contribution in [2.24, 2.45) is 0 Å². The Balaban J connectivity index is 1.74. The van der Waals surface area contributed by atoms with Crippen LogP contribution in [0.2, 0.25) is 0 Å². The van der Waals surface area contributed by atoms with Crippen molar-refractivity contribution < 1.29 is 13.2 Å². The van der Waals surface area contributed by atoms with Crippen molar-refractivity contribution in [2.45, 2.75) is 68.1 Å². The van der Waals surface area contributed by atoms with E-state index in [2.05, 4.69) is 22.4 Å². The molecular formula is C24H30N4O3S2. The van der Waals surface area contributed by atoms with Gasteiger partial charge in [0.15, 0.2) is 15.0 Å². The highest BCUT2D eigenvalue weighted by molar-refractivity contribution is 8.00. The lowest BCUT2D eigenvalue weighted by atomic mass is 10.1. The molecule has 0 saturated heterocycles. The van der Waals surface area contributed by atoms with Crippen LogP contribution in [0, 0.1) is 6.92 Å². The zero-order chi connectivity index (χ0) is 24.0. The van der Waals surface area contributed by atoms with Crippen LogP contribution in [0.5, 0.6) is 0 Å². The number of rotatable bonds is 10. The van der Waals surface area contributed by atoms with Crippen molar-refractivity contribution in [3.63, 3.8) is 0 Å². The smallest absolute Gasteiger partial charge is 0.237 e. The molecule has 9 heteroatoms. The second kappa shape index (κ2) is 11.0. The molecule has 1 N–H and O–H groups in total. The van der Waals surface area contributed by atoms with E-state index < -0.39 is 9.84 Å². The molecule has 0 fully saturated rings. The molecule has 1 amide bonds. The van der Waals surface area contributed by atoms with Gasteiger partial charge in [-0.05, 0) is 56.5 Å². The zero-order valence-corrected chi connectivity index (χ0v) is 21.0. The first-order valence-corrected chi connectivity index (χ1v) is 13.6. The molecule has 0 aliphatic heterocycles. The van der Waals surface area contributed by atoms with E-state index in [-0.39, 0.29) is 21.8 Å². The lowest BCUT2D eigenvalue weighted by molar-refractivity contribution is -0.115. The number of carbonyl (C=O) groups is 1. The summed E-state index contributed by atoms with van der Waals surface area (Å²) in [6.45, 7) is 8.35. The van der Waals surface area contributed by atoms with Crippen LogP contribution in [0.3, 0.4) is 0 Å². The van der Waals surface area contributed by atoms with Gasteiger partial charge in [0, 0.05) is 12.2 Å². The molecule has 0 bridgehead atoms. The van der Waals surface area contributed by atoms with Gasteiger partial charge in [-0.25, -0.2) is 8.42 Å². The number of carbonyl (C=O) groups excluding carboxylic acids is 1. The second-order valence-electron chi connectivity index (χ2n) is 7.77. The average molecular weight is 487 g/mol. The van der Waals surface area contributed by atoms with Crippen molar-refractivity contribution in [2.75, 3.05) is 5.32 Å². The molecule has 176 valence electrons. The van der Waals surface area contributed by atoms with Crippen LogP contribution in [0.15, 0.2) is 58.6 Å². The van der Waals surface area contributed by atoms with E-state index in [1.165, 1.54) is 17.3 Å². The number of thioether (sulfide) groups is 1. The Hall–Kier alpha value is -2.65. The first kappa shape index (κ1) is 25.0. The lowest BCUT2D eigenvalue weighted by Gasteiger charge is -2.15. The third-order valence-corrected chi connectivity index (χ3v) is 8.32. The number of anilines is 1. The molecule has 0 saturated carbocycles. The standard InChI is InChI=1S/C24H30N4O3S2/c1-5-18-10-12-19(13-11-18)25-23(29)21(6-2)32-24-27-26-22(28(24)7-3)16-33(30,31)20-14-8-17(4)9-15-20/h8-15,21H,5-7,16H2,1-4H3,(H,25,29). The maximum atomic E-state index is 12.9. The van der Waals surface area contributed by atoms with E-state index in [0.29, 0.717) is 23.9 Å². The normalized spacial score (nSPS) is 12.5. The van der Waals surface area contributed by atoms with Gasteiger partial charge in [0.2, 0.25) is 5.91 Å². The van der Waals surface area contributed by atoms with E-state index in [1.807, 2.05) is 45.0 Å². The molecular weight excluding hydrogens is 456 g/mol. The van der Waals surface area contributed by atoms with Gasteiger partial charge in [-0.15, -0.1) is 10.2 Å². The first-order valence-electron chi connectivity index (χ1n) is 11.0. The number of nitrogens with one attached hydrogen (secondary N) is 1. The van der Waals surface area contributed by atoms with Crippen molar-refractivity contribution in [1.29, 1.82) is 0 Å². The minimum absolute atomic E-state index is 0.119. The molecule has 3 aromatic rings. The minimum atomic E-state index is -3.56.